The molecule has 0 N–H and O–H groups in total. The molecule has 0 saturated carbocycles. The van der Waals surface area contributed by atoms with E-state index in [1.54, 1.807) is 0 Å². The summed E-state index contributed by atoms with van der Waals surface area (Å²) in [4.78, 5) is 15.8. The highest BCUT2D eigenvalue weighted by atomic mass is 16.3. The fraction of sp³-hybridized carbons (Fsp3) is 0.300. The van der Waals surface area contributed by atoms with E-state index in [0.717, 1.165) is 33.2 Å². The molecule has 0 amide bonds. The zero-order chi connectivity index (χ0) is 38.1. The quantitative estimate of drug-likeness (QED) is 0.172. The molecule has 270 valence electrons. The number of nitrogens with zero attached hydrogens (tertiary/aromatic N) is 3. The Morgan fingerprint density at radius 2 is 0.981 bits per heavy atom. The van der Waals surface area contributed by atoms with Gasteiger partial charge in [0, 0.05) is 32.9 Å². The topological polar surface area (TPSA) is 51.8 Å². The first kappa shape index (κ1) is 34.4. The van der Waals surface area contributed by atoms with Gasteiger partial charge in [0.1, 0.15) is 11.2 Å². The highest BCUT2D eigenvalue weighted by molar-refractivity contribution is 6.26. The molecule has 4 nitrogen and oxygen atoms in total. The Morgan fingerprint density at radius 3 is 1.63 bits per heavy atom. The molecular weight excluding hydrogens is 659 g/mol. The van der Waals surface area contributed by atoms with Gasteiger partial charge in [-0.1, -0.05) is 161 Å². The van der Waals surface area contributed by atoms with Crippen molar-refractivity contribution in [2.24, 2.45) is 0 Å². The van der Waals surface area contributed by atoms with Crippen molar-refractivity contribution < 1.29 is 4.42 Å². The first-order chi connectivity index (χ1) is 25.4. The lowest BCUT2D eigenvalue weighted by Crippen LogP contribution is -2.17. The first-order valence-electron chi connectivity index (χ1n) is 19.3. The number of hydrogen-bond acceptors (Lipinski definition) is 4. The molecule has 54 heavy (non-hydrogen) atoms. The Morgan fingerprint density at radius 1 is 0.444 bits per heavy atom. The Balaban J connectivity index is 1.37. The zero-order valence-electron chi connectivity index (χ0n) is 33.5. The van der Waals surface area contributed by atoms with Crippen LogP contribution in [0, 0.1) is 0 Å². The third-order valence-corrected chi connectivity index (χ3v) is 11.7. The van der Waals surface area contributed by atoms with Gasteiger partial charge in [0.25, 0.3) is 0 Å². The summed E-state index contributed by atoms with van der Waals surface area (Å²) in [6.45, 7) is 25.3. The van der Waals surface area contributed by atoms with Crippen LogP contribution in [-0.4, -0.2) is 15.0 Å². The van der Waals surface area contributed by atoms with E-state index in [2.05, 4.69) is 155 Å². The van der Waals surface area contributed by atoms with Crippen molar-refractivity contribution in [3.05, 3.63) is 125 Å². The predicted molar refractivity (Wildman–Crippen MR) is 226 cm³/mol. The molecule has 2 heterocycles. The van der Waals surface area contributed by atoms with Gasteiger partial charge in [-0.05, 0) is 72.5 Å². The zero-order valence-corrected chi connectivity index (χ0v) is 33.5. The van der Waals surface area contributed by atoms with Crippen molar-refractivity contribution in [3.8, 4) is 45.3 Å². The molecule has 8 aromatic rings. The van der Waals surface area contributed by atoms with Gasteiger partial charge in [-0.15, -0.1) is 0 Å². The molecular formula is C50H49N3O. The van der Waals surface area contributed by atoms with Crippen molar-refractivity contribution in [1.29, 1.82) is 0 Å². The Hall–Kier alpha value is -5.35. The molecule has 9 rings (SSSR count). The largest absolute Gasteiger partial charge is 0.455 e. The predicted octanol–water partition coefficient (Wildman–Crippen LogP) is 13.6. The molecule has 6 aromatic carbocycles. The van der Waals surface area contributed by atoms with E-state index >= 15 is 0 Å². The minimum Gasteiger partial charge on any atom is -0.455 e. The van der Waals surface area contributed by atoms with Gasteiger partial charge >= 0.3 is 0 Å². The summed E-state index contributed by atoms with van der Waals surface area (Å²) in [6, 6.07) is 35.0. The van der Waals surface area contributed by atoms with Crippen LogP contribution in [0.4, 0.5) is 0 Å². The molecule has 0 unspecified atom stereocenters. The van der Waals surface area contributed by atoms with Gasteiger partial charge in [0.15, 0.2) is 17.5 Å². The second-order valence-corrected chi connectivity index (χ2v) is 19.0. The summed E-state index contributed by atoms with van der Waals surface area (Å²) in [6.07, 6.45) is 0. The van der Waals surface area contributed by atoms with Crippen LogP contribution in [0.5, 0.6) is 0 Å². The maximum absolute atomic E-state index is 7.21. The number of hydrogen-bond donors (Lipinski definition) is 0. The minimum absolute atomic E-state index is 0.0566. The summed E-state index contributed by atoms with van der Waals surface area (Å²) in [5.41, 5.74) is 13.1. The van der Waals surface area contributed by atoms with Crippen LogP contribution in [0.1, 0.15) is 104 Å². The summed E-state index contributed by atoms with van der Waals surface area (Å²) in [7, 11) is 0. The van der Waals surface area contributed by atoms with Gasteiger partial charge in [-0.3, -0.25) is 0 Å². The molecule has 0 aliphatic heterocycles. The third-order valence-electron chi connectivity index (χ3n) is 11.7. The number of rotatable bonds is 3. The maximum atomic E-state index is 7.21. The van der Waals surface area contributed by atoms with E-state index in [1.165, 1.54) is 55.1 Å². The number of benzene rings is 6. The second kappa shape index (κ2) is 11.3. The molecule has 0 fully saturated rings. The van der Waals surface area contributed by atoms with E-state index in [-0.39, 0.29) is 21.7 Å². The van der Waals surface area contributed by atoms with E-state index < -0.39 is 0 Å². The van der Waals surface area contributed by atoms with Crippen molar-refractivity contribution in [2.75, 3.05) is 0 Å². The highest BCUT2D eigenvalue weighted by Crippen LogP contribution is 2.51. The number of aromatic nitrogens is 3. The summed E-state index contributed by atoms with van der Waals surface area (Å²) in [5, 5.41) is 4.82. The smallest absolute Gasteiger partial charge is 0.167 e. The molecule has 0 atom stereocenters. The van der Waals surface area contributed by atoms with Crippen LogP contribution in [0.25, 0.3) is 78.0 Å². The first-order valence-corrected chi connectivity index (χ1v) is 19.3. The average Bonchev–Trinajstić information content (AvgIpc) is 3.63. The lowest BCUT2D eigenvalue weighted by Gasteiger charge is -2.27. The van der Waals surface area contributed by atoms with Crippen LogP contribution in [0.2, 0.25) is 0 Å². The van der Waals surface area contributed by atoms with E-state index in [1.807, 2.05) is 18.2 Å². The normalized spacial score (nSPS) is 14.4. The van der Waals surface area contributed by atoms with Crippen LogP contribution in [0.15, 0.2) is 101 Å². The highest BCUT2D eigenvalue weighted by Gasteiger charge is 2.36. The van der Waals surface area contributed by atoms with E-state index in [0.29, 0.717) is 17.5 Å². The standard InChI is InChI=1S/C50H49N3O/c1-47(2,3)36-26-34(42-40-32(36)23-24-33-37(48(4,5)6)27-39(49(7,8)9)43(54-42)41(33)40)46-52-44(28-17-13-12-14-18-28)51-45(53-46)29-21-22-31-30-19-15-16-20-35(30)50(10,11)38(31)25-29/h12-27H,1-11H3. The number of fused-ring (bicyclic) bond motifs is 3. The SMILES string of the molecule is CC(C)(C)c1cc(-c2nc(-c3ccccc3)nc(-c3ccc4c(c3)C(C)(C)c3ccccc3-4)n2)c2oc3c(C(C)(C)C)cc(C(C)(C)C)c4ccc1c2c43. The van der Waals surface area contributed by atoms with Crippen molar-refractivity contribution in [1.82, 2.24) is 15.0 Å². The summed E-state index contributed by atoms with van der Waals surface area (Å²) < 4.78 is 7.21. The lowest BCUT2D eigenvalue weighted by molar-refractivity contribution is 0.561. The third kappa shape index (κ3) is 5.13. The fourth-order valence-electron chi connectivity index (χ4n) is 8.83. The molecule has 0 radical (unpaired) electrons. The minimum atomic E-state index is -0.156. The van der Waals surface area contributed by atoms with Crippen molar-refractivity contribution in [2.45, 2.75) is 97.8 Å². The summed E-state index contributed by atoms with van der Waals surface area (Å²) >= 11 is 0. The van der Waals surface area contributed by atoms with E-state index in [9.17, 15) is 0 Å². The van der Waals surface area contributed by atoms with Crippen LogP contribution < -0.4 is 0 Å². The molecule has 1 aliphatic rings. The Labute approximate surface area is 319 Å². The van der Waals surface area contributed by atoms with Crippen molar-refractivity contribution in [3.63, 3.8) is 0 Å². The van der Waals surface area contributed by atoms with Gasteiger partial charge < -0.3 is 4.42 Å². The second-order valence-electron chi connectivity index (χ2n) is 19.0. The van der Waals surface area contributed by atoms with Gasteiger partial charge in [0.2, 0.25) is 0 Å². The maximum Gasteiger partial charge on any atom is 0.167 e. The van der Waals surface area contributed by atoms with Gasteiger partial charge in [-0.2, -0.15) is 0 Å². The number of furan rings is 1. The summed E-state index contributed by atoms with van der Waals surface area (Å²) in [5.74, 6) is 1.90. The lowest BCUT2D eigenvalue weighted by atomic mass is 9.76. The van der Waals surface area contributed by atoms with E-state index in [4.69, 9.17) is 19.4 Å². The van der Waals surface area contributed by atoms with Crippen LogP contribution in [0.3, 0.4) is 0 Å². The van der Waals surface area contributed by atoms with Gasteiger partial charge in [-0.25, -0.2) is 15.0 Å². The van der Waals surface area contributed by atoms with Gasteiger partial charge in [0.05, 0.1) is 5.56 Å². The molecule has 4 heteroatoms. The monoisotopic (exact) mass is 707 g/mol. The van der Waals surface area contributed by atoms with Crippen LogP contribution in [-0.2, 0) is 21.7 Å². The molecule has 0 saturated heterocycles. The molecule has 0 bridgehead atoms. The Bertz CT molecular complexity index is 2780. The van der Waals surface area contributed by atoms with Crippen LogP contribution >= 0.6 is 0 Å². The molecule has 2 aromatic heterocycles. The molecule has 1 aliphatic carbocycles. The Kier molecular flexibility index (Phi) is 7.22. The van der Waals surface area contributed by atoms with Crippen molar-refractivity contribution >= 4 is 32.7 Å². The fourth-order valence-corrected chi connectivity index (χ4v) is 8.83. The molecule has 0 spiro atoms. The average molecular weight is 708 g/mol.